The van der Waals surface area contributed by atoms with Gasteiger partial charge in [0, 0.05) is 12.3 Å². The highest BCUT2D eigenvalue weighted by atomic mass is 16.5. The summed E-state index contributed by atoms with van der Waals surface area (Å²) in [7, 11) is 0. The summed E-state index contributed by atoms with van der Waals surface area (Å²) in [4.78, 5) is 22.9. The lowest BCUT2D eigenvalue weighted by Gasteiger charge is -2.25. The maximum Gasteiger partial charge on any atom is 0.317 e. The van der Waals surface area contributed by atoms with Crippen molar-refractivity contribution in [1.29, 1.82) is 0 Å². The van der Waals surface area contributed by atoms with Crippen LogP contribution in [0.25, 0.3) is 0 Å². The smallest absolute Gasteiger partial charge is 0.317 e. The molecule has 0 atom stereocenters. The molecule has 4 heteroatoms. The topological polar surface area (TPSA) is 52.1 Å². The number of ether oxygens (including phenoxy) is 1. The SMILES string of the molecule is CC(C)Oc1nc(C(C)C)c(C(=O)CCc2ccccc2)c(C2CCCCC2)n1. The Balaban J connectivity index is 1.97. The van der Waals surface area contributed by atoms with Crippen LogP contribution in [0, 0.1) is 0 Å². The van der Waals surface area contributed by atoms with E-state index >= 15 is 0 Å². The minimum Gasteiger partial charge on any atom is -0.461 e. The number of carbonyl (C=O) groups excluding carboxylic acids is 1. The average molecular weight is 395 g/mol. The van der Waals surface area contributed by atoms with Gasteiger partial charge in [-0.25, -0.2) is 0 Å². The molecule has 0 unspecified atom stereocenters. The molecular weight excluding hydrogens is 360 g/mol. The Morgan fingerprint density at radius 2 is 1.72 bits per heavy atom. The molecule has 0 N–H and O–H groups in total. The Morgan fingerprint density at radius 1 is 1.03 bits per heavy atom. The van der Waals surface area contributed by atoms with E-state index in [1.807, 2.05) is 32.0 Å². The van der Waals surface area contributed by atoms with Gasteiger partial charge in [0.1, 0.15) is 0 Å². The summed E-state index contributed by atoms with van der Waals surface area (Å²) >= 11 is 0. The van der Waals surface area contributed by atoms with Crippen molar-refractivity contribution in [1.82, 2.24) is 9.97 Å². The van der Waals surface area contributed by atoms with Gasteiger partial charge in [-0.05, 0) is 44.6 Å². The Kier molecular flexibility index (Phi) is 7.40. The first-order chi connectivity index (χ1) is 14.0. The number of aryl methyl sites for hydroxylation is 1. The number of rotatable bonds is 8. The number of hydrogen-bond donors (Lipinski definition) is 0. The molecule has 1 aliphatic rings. The Bertz CT molecular complexity index is 809. The van der Waals surface area contributed by atoms with Gasteiger partial charge < -0.3 is 4.74 Å². The molecule has 0 radical (unpaired) electrons. The third-order valence-electron chi connectivity index (χ3n) is 5.59. The van der Waals surface area contributed by atoms with Crippen LogP contribution in [-0.4, -0.2) is 21.9 Å². The molecule has 0 saturated heterocycles. The van der Waals surface area contributed by atoms with Gasteiger partial charge in [0.25, 0.3) is 0 Å². The lowest BCUT2D eigenvalue weighted by molar-refractivity contribution is 0.0978. The van der Waals surface area contributed by atoms with Crippen molar-refractivity contribution in [2.75, 3.05) is 0 Å². The van der Waals surface area contributed by atoms with Gasteiger partial charge in [-0.2, -0.15) is 9.97 Å². The van der Waals surface area contributed by atoms with Gasteiger partial charge in [-0.15, -0.1) is 0 Å². The van der Waals surface area contributed by atoms with Crippen LogP contribution < -0.4 is 4.74 Å². The van der Waals surface area contributed by atoms with Crippen molar-refractivity contribution in [3.05, 3.63) is 52.8 Å². The molecule has 0 amide bonds. The van der Waals surface area contributed by atoms with Gasteiger partial charge in [0.15, 0.2) is 5.78 Å². The normalized spacial score (nSPS) is 15.1. The minimum absolute atomic E-state index is 0.00819. The molecule has 1 heterocycles. The van der Waals surface area contributed by atoms with Crippen LogP contribution in [0.15, 0.2) is 30.3 Å². The molecule has 1 aromatic heterocycles. The molecule has 4 nitrogen and oxygen atoms in total. The molecule has 0 bridgehead atoms. The van der Waals surface area contributed by atoms with E-state index in [1.165, 1.54) is 24.8 Å². The molecule has 0 aliphatic heterocycles. The van der Waals surface area contributed by atoms with E-state index in [-0.39, 0.29) is 17.8 Å². The highest BCUT2D eigenvalue weighted by molar-refractivity contribution is 5.98. The summed E-state index contributed by atoms with van der Waals surface area (Å²) in [6.07, 6.45) is 7.08. The first kappa shape index (κ1) is 21.5. The van der Waals surface area contributed by atoms with Gasteiger partial charge in [0.05, 0.1) is 23.1 Å². The van der Waals surface area contributed by atoms with E-state index in [9.17, 15) is 4.79 Å². The molecule has 2 aromatic rings. The Hall–Kier alpha value is -2.23. The summed E-state index contributed by atoms with van der Waals surface area (Å²) in [5, 5.41) is 0. The molecular formula is C25H34N2O2. The molecule has 3 rings (SSSR count). The van der Waals surface area contributed by atoms with E-state index in [1.54, 1.807) is 0 Å². The van der Waals surface area contributed by atoms with Gasteiger partial charge in [-0.3, -0.25) is 4.79 Å². The van der Waals surface area contributed by atoms with E-state index < -0.39 is 0 Å². The maximum atomic E-state index is 13.4. The van der Waals surface area contributed by atoms with Crippen LogP contribution in [-0.2, 0) is 6.42 Å². The van der Waals surface area contributed by atoms with Crippen LogP contribution in [0.1, 0.15) is 105 Å². The van der Waals surface area contributed by atoms with Crippen molar-refractivity contribution in [2.24, 2.45) is 0 Å². The average Bonchev–Trinajstić information content (AvgIpc) is 2.72. The van der Waals surface area contributed by atoms with Crippen molar-refractivity contribution >= 4 is 5.78 Å². The summed E-state index contributed by atoms with van der Waals surface area (Å²) in [5.41, 5.74) is 3.72. The Morgan fingerprint density at radius 3 is 2.34 bits per heavy atom. The van der Waals surface area contributed by atoms with Crippen LogP contribution >= 0.6 is 0 Å². The number of hydrogen-bond acceptors (Lipinski definition) is 4. The first-order valence-corrected chi connectivity index (χ1v) is 11.1. The lowest BCUT2D eigenvalue weighted by atomic mass is 9.82. The maximum absolute atomic E-state index is 13.4. The zero-order chi connectivity index (χ0) is 20.8. The molecule has 29 heavy (non-hydrogen) atoms. The second-order valence-electron chi connectivity index (χ2n) is 8.72. The summed E-state index contributed by atoms with van der Waals surface area (Å²) < 4.78 is 5.87. The van der Waals surface area contributed by atoms with Crippen molar-refractivity contribution in [2.45, 2.75) is 90.6 Å². The van der Waals surface area contributed by atoms with Crippen LogP contribution in [0.3, 0.4) is 0 Å². The summed E-state index contributed by atoms with van der Waals surface area (Å²) in [6.45, 7) is 8.16. The summed E-state index contributed by atoms with van der Waals surface area (Å²) in [6, 6.07) is 10.6. The number of carbonyl (C=O) groups is 1. The number of ketones is 1. The molecule has 0 spiro atoms. The van der Waals surface area contributed by atoms with Gasteiger partial charge >= 0.3 is 6.01 Å². The third-order valence-corrected chi connectivity index (χ3v) is 5.59. The van der Waals surface area contributed by atoms with Crippen molar-refractivity contribution in [3.63, 3.8) is 0 Å². The van der Waals surface area contributed by atoms with Crippen LogP contribution in [0.4, 0.5) is 0 Å². The fourth-order valence-corrected chi connectivity index (χ4v) is 4.14. The first-order valence-electron chi connectivity index (χ1n) is 11.1. The number of nitrogens with zero attached hydrogens (tertiary/aromatic N) is 2. The van der Waals surface area contributed by atoms with Crippen LogP contribution in [0.2, 0.25) is 0 Å². The standard InChI is InChI=1S/C25H34N2O2/c1-17(2)23-22(21(28)16-15-19-11-7-5-8-12-19)24(20-13-9-6-10-14-20)27-25(26-23)29-18(3)4/h5,7-8,11-12,17-18,20H,6,9-10,13-16H2,1-4H3. The second-order valence-corrected chi connectivity index (χ2v) is 8.72. The molecule has 1 aromatic carbocycles. The second kappa shape index (κ2) is 10.00. The predicted molar refractivity (Wildman–Crippen MR) is 117 cm³/mol. The van der Waals surface area contributed by atoms with E-state index in [2.05, 4.69) is 31.0 Å². The molecule has 1 fully saturated rings. The highest BCUT2D eigenvalue weighted by Crippen LogP contribution is 2.37. The zero-order valence-electron chi connectivity index (χ0n) is 18.3. The van der Waals surface area contributed by atoms with Crippen molar-refractivity contribution in [3.8, 4) is 6.01 Å². The molecule has 156 valence electrons. The van der Waals surface area contributed by atoms with E-state index in [0.29, 0.717) is 18.3 Å². The quantitative estimate of drug-likeness (QED) is 0.497. The number of Topliss-reactive ketones (excluding diaryl/α,β-unsaturated/α-hetero) is 1. The van der Waals surface area contributed by atoms with Gasteiger partial charge in [-0.1, -0.05) is 63.4 Å². The molecule has 1 saturated carbocycles. The zero-order valence-corrected chi connectivity index (χ0v) is 18.3. The largest absolute Gasteiger partial charge is 0.461 e. The lowest BCUT2D eigenvalue weighted by Crippen LogP contribution is -2.20. The third kappa shape index (κ3) is 5.65. The minimum atomic E-state index is 0.00819. The number of aromatic nitrogens is 2. The predicted octanol–water partition coefficient (Wildman–Crippen LogP) is 6.25. The number of benzene rings is 1. The summed E-state index contributed by atoms with van der Waals surface area (Å²) in [5.74, 6) is 0.634. The van der Waals surface area contributed by atoms with E-state index in [4.69, 9.17) is 9.72 Å². The fraction of sp³-hybridized carbons (Fsp3) is 0.560. The monoisotopic (exact) mass is 394 g/mol. The van der Waals surface area contributed by atoms with Crippen molar-refractivity contribution < 1.29 is 9.53 Å². The van der Waals surface area contributed by atoms with Gasteiger partial charge in [0.2, 0.25) is 0 Å². The highest BCUT2D eigenvalue weighted by Gasteiger charge is 2.28. The Labute approximate surface area is 175 Å². The fourth-order valence-electron chi connectivity index (χ4n) is 4.14. The van der Waals surface area contributed by atoms with Crippen LogP contribution in [0.5, 0.6) is 6.01 Å². The molecule has 1 aliphatic carbocycles. The van der Waals surface area contributed by atoms with E-state index in [0.717, 1.165) is 36.2 Å².